The molecular formula is C15H22N4O3. The van der Waals surface area contributed by atoms with Gasteiger partial charge in [0.25, 0.3) is 5.91 Å². The van der Waals surface area contributed by atoms with Crippen LogP contribution in [0.1, 0.15) is 23.7 Å². The average molecular weight is 306 g/mol. The number of nitrogens with zero attached hydrogens (tertiary/aromatic N) is 3. The van der Waals surface area contributed by atoms with E-state index in [2.05, 4.69) is 4.98 Å². The van der Waals surface area contributed by atoms with E-state index in [9.17, 15) is 9.59 Å². The van der Waals surface area contributed by atoms with Crippen LogP contribution in [0.2, 0.25) is 0 Å². The minimum absolute atomic E-state index is 0.0857. The fraction of sp³-hybridized carbons (Fsp3) is 0.533. The summed E-state index contributed by atoms with van der Waals surface area (Å²) in [7, 11) is 0. The summed E-state index contributed by atoms with van der Waals surface area (Å²) in [5, 5.41) is 0. The van der Waals surface area contributed by atoms with Gasteiger partial charge in [-0.25, -0.2) is 4.98 Å². The molecule has 120 valence electrons. The zero-order valence-corrected chi connectivity index (χ0v) is 12.8. The Balaban J connectivity index is 2.05. The van der Waals surface area contributed by atoms with Gasteiger partial charge in [0.05, 0.1) is 13.2 Å². The lowest BCUT2D eigenvalue weighted by atomic mass is 10.2. The number of amides is 2. The number of carbonyl (C=O) groups excluding carboxylic acids is 2. The van der Waals surface area contributed by atoms with E-state index in [0.717, 1.165) is 13.0 Å². The quantitative estimate of drug-likeness (QED) is 0.834. The maximum Gasteiger partial charge on any atom is 0.259 e. The van der Waals surface area contributed by atoms with Crippen molar-refractivity contribution in [3.8, 4) is 5.88 Å². The third-order valence-electron chi connectivity index (χ3n) is 3.54. The predicted octanol–water partition coefficient (Wildman–Crippen LogP) is 0.114. The summed E-state index contributed by atoms with van der Waals surface area (Å²) >= 11 is 0. The molecule has 2 N–H and O–H groups in total. The molecule has 1 aromatic heterocycles. The van der Waals surface area contributed by atoms with Crippen LogP contribution in [0.4, 0.5) is 0 Å². The van der Waals surface area contributed by atoms with Crippen molar-refractivity contribution in [2.75, 3.05) is 39.3 Å². The fourth-order valence-electron chi connectivity index (χ4n) is 2.53. The van der Waals surface area contributed by atoms with Gasteiger partial charge in [0.2, 0.25) is 11.8 Å². The zero-order valence-electron chi connectivity index (χ0n) is 12.8. The normalized spacial score (nSPS) is 16.1. The minimum atomic E-state index is -0.342. The molecule has 7 nitrogen and oxygen atoms in total. The molecule has 0 atom stereocenters. The second-order valence-electron chi connectivity index (χ2n) is 5.18. The second-order valence-corrected chi connectivity index (χ2v) is 5.18. The van der Waals surface area contributed by atoms with Crippen LogP contribution in [-0.2, 0) is 4.79 Å². The average Bonchev–Trinajstić information content (AvgIpc) is 2.72. The summed E-state index contributed by atoms with van der Waals surface area (Å²) in [6.07, 6.45) is 2.42. The third kappa shape index (κ3) is 4.17. The Morgan fingerprint density at radius 1 is 1.32 bits per heavy atom. The van der Waals surface area contributed by atoms with Crippen molar-refractivity contribution >= 4 is 11.8 Å². The Morgan fingerprint density at radius 2 is 2.14 bits per heavy atom. The van der Waals surface area contributed by atoms with E-state index < -0.39 is 0 Å². The molecular weight excluding hydrogens is 284 g/mol. The summed E-state index contributed by atoms with van der Waals surface area (Å²) in [4.78, 5) is 31.6. The van der Waals surface area contributed by atoms with Crippen LogP contribution in [0.3, 0.4) is 0 Å². The fourth-order valence-corrected chi connectivity index (χ4v) is 2.53. The van der Waals surface area contributed by atoms with Gasteiger partial charge >= 0.3 is 0 Å². The van der Waals surface area contributed by atoms with Crippen LogP contribution < -0.4 is 10.5 Å². The largest absolute Gasteiger partial charge is 0.477 e. The minimum Gasteiger partial charge on any atom is -0.477 e. The van der Waals surface area contributed by atoms with Crippen LogP contribution in [0.5, 0.6) is 5.88 Å². The summed E-state index contributed by atoms with van der Waals surface area (Å²) < 4.78 is 5.42. The molecule has 0 bridgehead atoms. The first-order valence-corrected chi connectivity index (χ1v) is 7.49. The number of rotatable bonds is 5. The molecule has 1 aromatic rings. The van der Waals surface area contributed by atoms with Gasteiger partial charge in [-0.2, -0.15) is 0 Å². The monoisotopic (exact) mass is 306 g/mol. The molecule has 2 amide bonds. The SMILES string of the molecule is CCOc1ncccc1C(=O)N1CCCN(CC(N)=O)CC1. The van der Waals surface area contributed by atoms with Gasteiger partial charge < -0.3 is 15.4 Å². The van der Waals surface area contributed by atoms with Gasteiger partial charge in [-0.1, -0.05) is 0 Å². The first-order valence-electron chi connectivity index (χ1n) is 7.49. The van der Waals surface area contributed by atoms with Crippen LogP contribution in [-0.4, -0.2) is 65.9 Å². The molecule has 0 saturated carbocycles. The number of ether oxygens (including phenoxy) is 1. The van der Waals surface area contributed by atoms with E-state index in [1.54, 1.807) is 23.2 Å². The zero-order chi connectivity index (χ0) is 15.9. The van der Waals surface area contributed by atoms with Crippen molar-refractivity contribution in [1.82, 2.24) is 14.8 Å². The van der Waals surface area contributed by atoms with Crippen molar-refractivity contribution in [2.45, 2.75) is 13.3 Å². The Kier molecular flexibility index (Phi) is 5.71. The van der Waals surface area contributed by atoms with Crippen LogP contribution in [0.15, 0.2) is 18.3 Å². The number of aromatic nitrogens is 1. The summed E-state index contributed by atoms with van der Waals surface area (Å²) in [6, 6.07) is 3.46. The standard InChI is InChI=1S/C15H22N4O3/c1-2-22-14-12(5-3-6-17-14)15(21)19-8-4-7-18(9-10-19)11-13(16)20/h3,5-6H,2,4,7-11H2,1H3,(H2,16,20). The molecule has 2 rings (SSSR count). The number of carbonyl (C=O) groups is 2. The molecule has 0 spiro atoms. The highest BCUT2D eigenvalue weighted by Crippen LogP contribution is 2.18. The van der Waals surface area contributed by atoms with E-state index in [4.69, 9.17) is 10.5 Å². The highest BCUT2D eigenvalue weighted by atomic mass is 16.5. The molecule has 7 heteroatoms. The van der Waals surface area contributed by atoms with Gasteiger partial charge in [-0.15, -0.1) is 0 Å². The van der Waals surface area contributed by atoms with Crippen molar-refractivity contribution in [3.05, 3.63) is 23.9 Å². The van der Waals surface area contributed by atoms with E-state index in [0.29, 0.717) is 37.7 Å². The molecule has 2 heterocycles. The molecule has 0 unspecified atom stereocenters. The maximum absolute atomic E-state index is 12.7. The first-order chi connectivity index (χ1) is 10.6. The lowest BCUT2D eigenvalue weighted by Gasteiger charge is -2.22. The molecule has 1 aliphatic heterocycles. The maximum atomic E-state index is 12.7. The Labute approximate surface area is 130 Å². The number of hydrogen-bond acceptors (Lipinski definition) is 5. The topological polar surface area (TPSA) is 88.8 Å². The van der Waals surface area contributed by atoms with Gasteiger partial charge in [-0.3, -0.25) is 14.5 Å². The Hall–Kier alpha value is -2.15. The van der Waals surface area contributed by atoms with Gasteiger partial charge in [0.1, 0.15) is 5.56 Å². The Bertz CT molecular complexity index is 535. The van der Waals surface area contributed by atoms with E-state index in [1.165, 1.54) is 0 Å². The van der Waals surface area contributed by atoms with Crippen LogP contribution in [0, 0.1) is 0 Å². The molecule has 1 aliphatic rings. The van der Waals surface area contributed by atoms with E-state index in [-0.39, 0.29) is 18.4 Å². The molecule has 1 saturated heterocycles. The molecule has 0 radical (unpaired) electrons. The lowest BCUT2D eigenvalue weighted by molar-refractivity contribution is -0.119. The lowest BCUT2D eigenvalue weighted by Crippen LogP contribution is -2.38. The predicted molar refractivity (Wildman–Crippen MR) is 81.6 cm³/mol. The van der Waals surface area contributed by atoms with Crippen molar-refractivity contribution in [3.63, 3.8) is 0 Å². The van der Waals surface area contributed by atoms with Gasteiger partial charge in [0, 0.05) is 32.4 Å². The molecule has 22 heavy (non-hydrogen) atoms. The highest BCUT2D eigenvalue weighted by molar-refractivity contribution is 5.96. The Morgan fingerprint density at radius 3 is 2.86 bits per heavy atom. The van der Waals surface area contributed by atoms with Crippen LogP contribution in [0.25, 0.3) is 0 Å². The number of primary amides is 1. The van der Waals surface area contributed by atoms with E-state index in [1.807, 2.05) is 11.8 Å². The van der Waals surface area contributed by atoms with E-state index >= 15 is 0 Å². The highest BCUT2D eigenvalue weighted by Gasteiger charge is 2.23. The summed E-state index contributed by atoms with van der Waals surface area (Å²) in [5.41, 5.74) is 5.71. The molecule has 1 fully saturated rings. The second kappa shape index (κ2) is 7.74. The third-order valence-corrected chi connectivity index (χ3v) is 3.54. The number of nitrogens with two attached hydrogens (primary N) is 1. The number of hydrogen-bond donors (Lipinski definition) is 1. The summed E-state index contributed by atoms with van der Waals surface area (Å²) in [5.74, 6) is -0.0589. The number of pyridine rings is 1. The summed E-state index contributed by atoms with van der Waals surface area (Å²) in [6.45, 7) is 5.16. The van der Waals surface area contributed by atoms with Crippen molar-refractivity contribution in [2.24, 2.45) is 5.73 Å². The van der Waals surface area contributed by atoms with Crippen molar-refractivity contribution < 1.29 is 14.3 Å². The van der Waals surface area contributed by atoms with Gasteiger partial charge in [0.15, 0.2) is 0 Å². The molecule has 0 aliphatic carbocycles. The first kappa shape index (κ1) is 16.2. The smallest absolute Gasteiger partial charge is 0.259 e. The molecule has 0 aromatic carbocycles. The van der Waals surface area contributed by atoms with Gasteiger partial charge in [-0.05, 0) is 25.5 Å². The van der Waals surface area contributed by atoms with Crippen molar-refractivity contribution in [1.29, 1.82) is 0 Å². The van der Waals surface area contributed by atoms with Crippen LogP contribution >= 0.6 is 0 Å².